The Labute approximate surface area is 122 Å². The fourth-order valence-corrected chi connectivity index (χ4v) is 3.59. The zero-order chi connectivity index (χ0) is 15.0. The van der Waals surface area contributed by atoms with E-state index >= 15 is 0 Å². The molecule has 112 valence electrons. The van der Waals surface area contributed by atoms with E-state index in [4.69, 9.17) is 0 Å². The summed E-state index contributed by atoms with van der Waals surface area (Å²) in [4.78, 5) is 23.9. The summed E-state index contributed by atoms with van der Waals surface area (Å²) in [6, 6.07) is 1.74. The molecule has 3 rings (SSSR count). The van der Waals surface area contributed by atoms with Crippen LogP contribution in [0.2, 0.25) is 0 Å². The largest absolute Gasteiger partial charge is 0.481 e. The van der Waals surface area contributed by atoms with Crippen LogP contribution in [-0.4, -0.2) is 32.8 Å². The van der Waals surface area contributed by atoms with Gasteiger partial charge in [0.25, 0.3) is 0 Å². The maximum Gasteiger partial charge on any atom is 0.307 e. The zero-order valence-electron chi connectivity index (χ0n) is 11.8. The molecule has 0 spiro atoms. The Morgan fingerprint density at radius 2 is 2.10 bits per heavy atom. The first-order valence-corrected chi connectivity index (χ1v) is 7.25. The normalized spacial score (nSPS) is 31.3. The van der Waals surface area contributed by atoms with E-state index in [-0.39, 0.29) is 23.8 Å². The topological polar surface area (TPSA) is 84.2 Å². The van der Waals surface area contributed by atoms with E-state index in [1.165, 1.54) is 0 Å². The fourth-order valence-electron chi connectivity index (χ4n) is 3.59. The number of nitrogens with zero attached hydrogens (tertiary/aromatic N) is 2. The molecule has 1 heterocycles. The van der Waals surface area contributed by atoms with Crippen LogP contribution in [0.5, 0.6) is 0 Å². The highest BCUT2D eigenvalue weighted by molar-refractivity contribution is 5.87. The van der Waals surface area contributed by atoms with Crippen molar-refractivity contribution in [2.24, 2.45) is 23.7 Å². The summed E-state index contributed by atoms with van der Waals surface area (Å²) in [5.74, 6) is -1.99. The highest BCUT2D eigenvalue weighted by atomic mass is 16.4. The molecule has 1 amide bonds. The second kappa shape index (κ2) is 5.35. The van der Waals surface area contributed by atoms with Crippen LogP contribution in [-0.2, 0) is 16.1 Å². The number of carbonyl (C=O) groups is 2. The van der Waals surface area contributed by atoms with Crippen LogP contribution in [0.15, 0.2) is 30.6 Å². The molecule has 1 aromatic heterocycles. The minimum absolute atomic E-state index is 0.00433. The molecule has 0 saturated heterocycles. The van der Waals surface area contributed by atoms with Crippen LogP contribution in [0.25, 0.3) is 0 Å². The summed E-state index contributed by atoms with van der Waals surface area (Å²) >= 11 is 0. The van der Waals surface area contributed by atoms with Crippen LogP contribution < -0.4 is 5.32 Å². The Bertz CT molecular complexity index is 567. The van der Waals surface area contributed by atoms with Crippen molar-refractivity contribution >= 4 is 11.9 Å². The highest BCUT2D eigenvalue weighted by Crippen LogP contribution is 2.48. The first kappa shape index (κ1) is 13.9. The van der Waals surface area contributed by atoms with Crippen molar-refractivity contribution in [3.63, 3.8) is 0 Å². The predicted molar refractivity (Wildman–Crippen MR) is 75.2 cm³/mol. The molecular weight excluding hydrogens is 270 g/mol. The van der Waals surface area contributed by atoms with Crippen molar-refractivity contribution in [1.82, 2.24) is 15.1 Å². The van der Waals surface area contributed by atoms with Crippen LogP contribution >= 0.6 is 0 Å². The molecule has 0 aliphatic heterocycles. The van der Waals surface area contributed by atoms with Crippen LogP contribution in [0.4, 0.5) is 0 Å². The number of aromatic nitrogens is 2. The summed E-state index contributed by atoms with van der Waals surface area (Å²) in [6.07, 6.45) is 8.24. The number of nitrogens with one attached hydrogen (secondary N) is 1. The predicted octanol–water partition coefficient (Wildman–Crippen LogP) is 0.911. The highest BCUT2D eigenvalue weighted by Gasteiger charge is 2.51. The van der Waals surface area contributed by atoms with Crippen LogP contribution in [0.1, 0.15) is 13.3 Å². The van der Waals surface area contributed by atoms with E-state index in [2.05, 4.69) is 10.4 Å². The lowest BCUT2D eigenvalue weighted by atomic mass is 9.82. The number of fused-ring (bicyclic) bond motifs is 2. The van der Waals surface area contributed by atoms with Gasteiger partial charge < -0.3 is 10.4 Å². The average molecular weight is 289 g/mol. The van der Waals surface area contributed by atoms with Gasteiger partial charge in [-0.3, -0.25) is 14.3 Å². The lowest BCUT2D eigenvalue weighted by Crippen LogP contribution is -2.44. The number of carbonyl (C=O) groups excluding carboxylic acids is 1. The van der Waals surface area contributed by atoms with E-state index in [9.17, 15) is 14.7 Å². The molecule has 1 saturated carbocycles. The Morgan fingerprint density at radius 3 is 2.71 bits per heavy atom. The van der Waals surface area contributed by atoms with Crippen molar-refractivity contribution in [3.8, 4) is 0 Å². The molecule has 2 N–H and O–H groups in total. The number of hydrogen-bond acceptors (Lipinski definition) is 3. The van der Waals surface area contributed by atoms with E-state index in [0.717, 1.165) is 6.42 Å². The number of allylic oxidation sites excluding steroid dienone is 2. The van der Waals surface area contributed by atoms with Crippen molar-refractivity contribution in [2.75, 3.05) is 0 Å². The standard InChI is InChI=1S/C15H19N3O3/c1-9(8-18-6-2-5-16-18)17-14(19)12-10-3-4-11(7-10)13(12)15(20)21/h2-6,9-13H,7-8H2,1H3,(H,17,19)(H,20,21). The van der Waals surface area contributed by atoms with Gasteiger partial charge in [0.15, 0.2) is 0 Å². The molecule has 2 aliphatic rings. The van der Waals surface area contributed by atoms with Crippen LogP contribution in [0, 0.1) is 23.7 Å². The summed E-state index contributed by atoms with van der Waals surface area (Å²) in [7, 11) is 0. The minimum atomic E-state index is -0.869. The van der Waals surface area contributed by atoms with Crippen molar-refractivity contribution in [3.05, 3.63) is 30.6 Å². The third-order valence-electron chi connectivity index (χ3n) is 4.46. The summed E-state index contributed by atoms with van der Waals surface area (Å²) in [5.41, 5.74) is 0. The van der Waals surface area contributed by atoms with Gasteiger partial charge in [-0.2, -0.15) is 5.10 Å². The molecule has 0 radical (unpaired) electrons. The molecule has 1 aromatic rings. The number of rotatable bonds is 5. The molecule has 0 aromatic carbocycles. The second-order valence-corrected chi connectivity index (χ2v) is 5.98. The maximum absolute atomic E-state index is 12.5. The number of amides is 1. The van der Waals surface area contributed by atoms with Crippen molar-refractivity contribution in [1.29, 1.82) is 0 Å². The van der Waals surface area contributed by atoms with Gasteiger partial charge in [-0.15, -0.1) is 0 Å². The quantitative estimate of drug-likeness (QED) is 0.789. The first-order valence-electron chi connectivity index (χ1n) is 7.25. The van der Waals surface area contributed by atoms with E-state index in [1.807, 2.05) is 31.3 Å². The van der Waals surface area contributed by atoms with Gasteiger partial charge in [0.1, 0.15) is 0 Å². The number of aliphatic carboxylic acids is 1. The summed E-state index contributed by atoms with van der Waals surface area (Å²) in [6.45, 7) is 2.48. The number of carboxylic acid groups (broad SMARTS) is 1. The fraction of sp³-hybridized carbons (Fsp3) is 0.533. The van der Waals surface area contributed by atoms with E-state index in [1.54, 1.807) is 10.9 Å². The summed E-state index contributed by atoms with van der Waals surface area (Å²) in [5, 5.41) is 16.4. The van der Waals surface area contributed by atoms with E-state index < -0.39 is 17.8 Å². The Kier molecular flexibility index (Phi) is 3.53. The average Bonchev–Trinajstić information content (AvgIpc) is 3.13. The third-order valence-corrected chi connectivity index (χ3v) is 4.46. The minimum Gasteiger partial charge on any atom is -0.481 e. The lowest BCUT2D eigenvalue weighted by molar-refractivity contribution is -0.148. The Balaban J connectivity index is 1.64. The van der Waals surface area contributed by atoms with Crippen LogP contribution in [0.3, 0.4) is 0 Å². The van der Waals surface area contributed by atoms with Gasteiger partial charge >= 0.3 is 5.97 Å². The van der Waals surface area contributed by atoms with Crippen molar-refractivity contribution < 1.29 is 14.7 Å². The number of hydrogen-bond donors (Lipinski definition) is 2. The van der Waals surface area contributed by atoms with E-state index in [0.29, 0.717) is 6.54 Å². The maximum atomic E-state index is 12.5. The zero-order valence-corrected chi connectivity index (χ0v) is 11.8. The summed E-state index contributed by atoms with van der Waals surface area (Å²) < 4.78 is 1.75. The van der Waals surface area contributed by atoms with Gasteiger partial charge in [-0.25, -0.2) is 0 Å². The molecule has 5 unspecified atom stereocenters. The van der Waals surface area contributed by atoms with Gasteiger partial charge in [-0.05, 0) is 31.2 Å². The smallest absolute Gasteiger partial charge is 0.307 e. The monoisotopic (exact) mass is 289 g/mol. The Hall–Kier alpha value is -2.11. The molecule has 2 aliphatic carbocycles. The molecule has 5 atom stereocenters. The molecule has 6 heteroatoms. The molecular formula is C15H19N3O3. The Morgan fingerprint density at radius 1 is 1.38 bits per heavy atom. The van der Waals surface area contributed by atoms with Crippen molar-refractivity contribution in [2.45, 2.75) is 25.9 Å². The SMILES string of the molecule is CC(Cn1cccn1)NC(=O)C1C2C=CC(C2)C1C(=O)O. The van der Waals surface area contributed by atoms with Gasteiger partial charge in [0.2, 0.25) is 5.91 Å². The molecule has 6 nitrogen and oxygen atoms in total. The third kappa shape index (κ3) is 2.57. The second-order valence-electron chi connectivity index (χ2n) is 5.98. The van der Waals surface area contributed by atoms with Gasteiger partial charge in [0.05, 0.1) is 18.4 Å². The van der Waals surface area contributed by atoms with Gasteiger partial charge in [-0.1, -0.05) is 12.2 Å². The molecule has 21 heavy (non-hydrogen) atoms. The van der Waals surface area contributed by atoms with Gasteiger partial charge in [0, 0.05) is 18.4 Å². The molecule has 2 bridgehead atoms. The number of carboxylic acids is 1. The molecule has 1 fully saturated rings. The first-order chi connectivity index (χ1) is 10.1. The lowest BCUT2D eigenvalue weighted by Gasteiger charge is -2.25.